The number of rotatable bonds is 5. The van der Waals surface area contributed by atoms with E-state index in [2.05, 4.69) is 9.72 Å². The van der Waals surface area contributed by atoms with Crippen LogP contribution >= 0.6 is 11.3 Å². The fraction of sp³-hybridized carbons (Fsp3) is 0.350. The Balaban J connectivity index is 1.38. The van der Waals surface area contributed by atoms with Gasteiger partial charge in [0.25, 0.3) is 5.19 Å². The van der Waals surface area contributed by atoms with Crippen molar-refractivity contribution in [2.75, 3.05) is 13.1 Å². The van der Waals surface area contributed by atoms with Crippen molar-refractivity contribution in [3.05, 3.63) is 48.0 Å². The highest BCUT2D eigenvalue weighted by Gasteiger charge is 2.33. The van der Waals surface area contributed by atoms with Gasteiger partial charge in [-0.05, 0) is 55.7 Å². The van der Waals surface area contributed by atoms with E-state index in [1.807, 2.05) is 25.1 Å². The van der Waals surface area contributed by atoms with Gasteiger partial charge < -0.3 is 9.47 Å². The maximum absolute atomic E-state index is 12.8. The SMILES string of the molecule is Cc1cccc2sc(OC3CCN(S(=O)(=O)c4ccc(OC(F)(F)F)cc4)CC3)nc12. The largest absolute Gasteiger partial charge is 0.573 e. The zero-order valence-corrected chi connectivity index (χ0v) is 18.1. The number of sulfonamides is 1. The van der Waals surface area contributed by atoms with Crippen molar-refractivity contribution in [1.29, 1.82) is 0 Å². The molecule has 11 heteroatoms. The van der Waals surface area contributed by atoms with Gasteiger partial charge in [-0.3, -0.25) is 0 Å². The van der Waals surface area contributed by atoms with Crippen LogP contribution in [-0.2, 0) is 10.0 Å². The van der Waals surface area contributed by atoms with Crippen LogP contribution in [-0.4, -0.2) is 43.3 Å². The number of halogens is 3. The summed E-state index contributed by atoms with van der Waals surface area (Å²) in [7, 11) is -3.82. The molecule has 0 amide bonds. The van der Waals surface area contributed by atoms with E-state index in [0.717, 1.165) is 40.0 Å². The fourth-order valence-corrected chi connectivity index (χ4v) is 5.84. The van der Waals surface area contributed by atoms with Crippen LogP contribution in [0.4, 0.5) is 13.2 Å². The van der Waals surface area contributed by atoms with Crippen molar-refractivity contribution in [1.82, 2.24) is 9.29 Å². The van der Waals surface area contributed by atoms with Gasteiger partial charge in [-0.15, -0.1) is 13.2 Å². The van der Waals surface area contributed by atoms with E-state index < -0.39 is 22.1 Å². The fourth-order valence-electron chi connectivity index (χ4n) is 3.41. The predicted octanol–water partition coefficient (Wildman–Crippen LogP) is 4.74. The van der Waals surface area contributed by atoms with Gasteiger partial charge in [0.05, 0.1) is 15.1 Å². The average molecular weight is 473 g/mol. The molecule has 0 bridgehead atoms. The second-order valence-electron chi connectivity index (χ2n) is 7.14. The molecule has 1 saturated heterocycles. The van der Waals surface area contributed by atoms with Crippen LogP contribution in [0.5, 0.6) is 10.9 Å². The Morgan fingerprint density at radius 1 is 1.10 bits per heavy atom. The van der Waals surface area contributed by atoms with Crippen molar-refractivity contribution < 1.29 is 31.1 Å². The molecule has 1 fully saturated rings. The molecule has 0 aliphatic carbocycles. The topological polar surface area (TPSA) is 68.7 Å². The lowest BCUT2D eigenvalue weighted by Crippen LogP contribution is -2.41. The first-order valence-electron chi connectivity index (χ1n) is 9.50. The molecule has 0 spiro atoms. The minimum atomic E-state index is -4.83. The van der Waals surface area contributed by atoms with Gasteiger partial charge in [0.15, 0.2) is 0 Å². The van der Waals surface area contributed by atoms with Crippen LogP contribution in [0, 0.1) is 6.92 Å². The number of hydrogen-bond donors (Lipinski definition) is 0. The van der Waals surface area contributed by atoms with Crippen LogP contribution in [0.15, 0.2) is 47.4 Å². The monoisotopic (exact) mass is 472 g/mol. The second kappa shape index (κ2) is 8.29. The van der Waals surface area contributed by atoms with E-state index in [4.69, 9.17) is 4.74 Å². The van der Waals surface area contributed by atoms with Crippen molar-refractivity contribution in [3.63, 3.8) is 0 Å². The third kappa shape index (κ3) is 4.94. The van der Waals surface area contributed by atoms with E-state index in [9.17, 15) is 21.6 Å². The summed E-state index contributed by atoms with van der Waals surface area (Å²) in [5, 5.41) is 0.561. The number of piperidine rings is 1. The van der Waals surface area contributed by atoms with Gasteiger partial charge in [0.2, 0.25) is 10.0 Å². The first kappa shape index (κ1) is 21.8. The molecule has 3 aromatic rings. The zero-order valence-electron chi connectivity index (χ0n) is 16.4. The second-order valence-corrected chi connectivity index (χ2v) is 10.1. The Kier molecular flexibility index (Phi) is 5.84. The molecule has 1 aliphatic rings. The highest BCUT2D eigenvalue weighted by atomic mass is 32.2. The Labute approximate surface area is 181 Å². The van der Waals surface area contributed by atoms with E-state index in [1.54, 1.807) is 0 Å². The summed E-state index contributed by atoms with van der Waals surface area (Å²) in [6.45, 7) is 2.48. The summed E-state index contributed by atoms with van der Waals surface area (Å²) in [6, 6.07) is 10.1. The molecule has 0 unspecified atom stereocenters. The lowest BCUT2D eigenvalue weighted by atomic mass is 10.1. The van der Waals surface area contributed by atoms with Gasteiger partial charge in [0.1, 0.15) is 11.9 Å². The Bertz CT molecular complexity index is 1170. The van der Waals surface area contributed by atoms with E-state index in [0.29, 0.717) is 18.0 Å². The first-order valence-corrected chi connectivity index (χ1v) is 11.8. The molecule has 0 radical (unpaired) electrons. The maximum Gasteiger partial charge on any atom is 0.573 e. The number of alkyl halides is 3. The van der Waals surface area contributed by atoms with Crippen molar-refractivity contribution in [2.45, 2.75) is 37.1 Å². The van der Waals surface area contributed by atoms with E-state index in [1.165, 1.54) is 15.6 Å². The first-order chi connectivity index (χ1) is 14.6. The molecule has 6 nitrogen and oxygen atoms in total. The standard InChI is InChI=1S/C20H19F3N2O4S2/c1-13-3-2-4-17-18(13)24-19(30-17)28-14-9-11-25(12-10-14)31(26,27)16-7-5-15(6-8-16)29-20(21,22)23/h2-8,14H,9-12H2,1H3. The van der Waals surface area contributed by atoms with Crippen LogP contribution in [0.3, 0.4) is 0 Å². The van der Waals surface area contributed by atoms with Crippen LogP contribution in [0.2, 0.25) is 0 Å². The Hall–Kier alpha value is -2.37. The number of aryl methyl sites for hydroxylation is 1. The molecule has 166 valence electrons. The van der Waals surface area contributed by atoms with Crippen molar-refractivity contribution in [2.24, 2.45) is 0 Å². The molecule has 31 heavy (non-hydrogen) atoms. The summed E-state index contributed by atoms with van der Waals surface area (Å²) < 4.78 is 74.6. The number of benzene rings is 2. The van der Waals surface area contributed by atoms with Gasteiger partial charge in [-0.2, -0.15) is 4.31 Å². The quantitative estimate of drug-likeness (QED) is 0.537. The summed E-state index contributed by atoms with van der Waals surface area (Å²) in [6.07, 6.45) is -4.01. The zero-order chi connectivity index (χ0) is 22.2. The maximum atomic E-state index is 12.8. The number of para-hydroxylation sites is 1. The third-order valence-corrected chi connectivity index (χ3v) is 7.79. The number of thiazole rings is 1. The third-order valence-electron chi connectivity index (χ3n) is 4.96. The molecule has 0 saturated carbocycles. The lowest BCUT2D eigenvalue weighted by Gasteiger charge is -2.30. The van der Waals surface area contributed by atoms with Gasteiger partial charge in [0, 0.05) is 13.1 Å². The van der Waals surface area contributed by atoms with Gasteiger partial charge >= 0.3 is 6.36 Å². The highest BCUT2D eigenvalue weighted by Crippen LogP contribution is 2.32. The van der Waals surface area contributed by atoms with Gasteiger partial charge in [-0.25, -0.2) is 13.4 Å². The molecule has 1 aromatic heterocycles. The van der Waals surface area contributed by atoms with E-state index in [-0.39, 0.29) is 24.1 Å². The van der Waals surface area contributed by atoms with Crippen LogP contribution in [0.25, 0.3) is 10.2 Å². The summed E-state index contributed by atoms with van der Waals surface area (Å²) in [5.41, 5.74) is 1.97. The molecule has 0 N–H and O–H groups in total. The molecular formula is C20H19F3N2O4S2. The van der Waals surface area contributed by atoms with Crippen LogP contribution in [0.1, 0.15) is 18.4 Å². The lowest BCUT2D eigenvalue weighted by molar-refractivity contribution is -0.274. The molecule has 4 rings (SSSR count). The molecule has 1 aliphatic heterocycles. The van der Waals surface area contributed by atoms with Gasteiger partial charge in [-0.1, -0.05) is 23.5 Å². The van der Waals surface area contributed by atoms with E-state index >= 15 is 0 Å². The minimum absolute atomic E-state index is 0.0805. The summed E-state index contributed by atoms with van der Waals surface area (Å²) >= 11 is 1.46. The normalized spacial score (nSPS) is 16.5. The van der Waals surface area contributed by atoms with Crippen LogP contribution < -0.4 is 9.47 Å². The number of ether oxygens (including phenoxy) is 2. The molecule has 2 aromatic carbocycles. The summed E-state index contributed by atoms with van der Waals surface area (Å²) in [5.74, 6) is -0.468. The Morgan fingerprint density at radius 2 is 1.77 bits per heavy atom. The molecule has 0 atom stereocenters. The molecule has 2 heterocycles. The Morgan fingerprint density at radius 3 is 2.39 bits per heavy atom. The molecular weight excluding hydrogens is 453 g/mol. The number of nitrogens with zero attached hydrogens (tertiary/aromatic N) is 2. The number of aromatic nitrogens is 1. The minimum Gasteiger partial charge on any atom is -0.467 e. The van der Waals surface area contributed by atoms with Crippen molar-refractivity contribution in [3.8, 4) is 10.9 Å². The van der Waals surface area contributed by atoms with Crippen molar-refractivity contribution >= 4 is 31.6 Å². The predicted molar refractivity (Wildman–Crippen MR) is 110 cm³/mol. The number of fused-ring (bicyclic) bond motifs is 1. The summed E-state index contributed by atoms with van der Waals surface area (Å²) in [4.78, 5) is 4.45. The highest BCUT2D eigenvalue weighted by molar-refractivity contribution is 7.89. The number of hydrogen-bond acceptors (Lipinski definition) is 6. The average Bonchev–Trinajstić information content (AvgIpc) is 3.11. The smallest absolute Gasteiger partial charge is 0.467 e.